The summed E-state index contributed by atoms with van der Waals surface area (Å²) in [7, 11) is 0. The number of unbranched alkanes of at least 4 members (excludes halogenated alkanes) is 2. The molecule has 168 valence electrons. The van der Waals surface area contributed by atoms with E-state index in [1.54, 1.807) is 6.92 Å². The van der Waals surface area contributed by atoms with Gasteiger partial charge in [-0.1, -0.05) is 76.4 Å². The number of rotatable bonds is 8. The van der Waals surface area contributed by atoms with Gasteiger partial charge in [0.05, 0.1) is 0 Å². The number of aryl methyl sites for hydroxylation is 1. The van der Waals surface area contributed by atoms with E-state index in [-0.39, 0.29) is 0 Å². The van der Waals surface area contributed by atoms with Gasteiger partial charge in [0, 0.05) is 5.69 Å². The fourth-order valence-electron chi connectivity index (χ4n) is 4.59. The number of allylic oxidation sites excluding steroid dienone is 1. The third-order valence-electron chi connectivity index (χ3n) is 6.47. The summed E-state index contributed by atoms with van der Waals surface area (Å²) in [5, 5.41) is 0. The molecule has 0 spiro atoms. The van der Waals surface area contributed by atoms with E-state index >= 15 is 0 Å². The number of benzene rings is 2. The van der Waals surface area contributed by atoms with Crippen LogP contribution in [0.15, 0.2) is 54.6 Å². The van der Waals surface area contributed by atoms with Crippen molar-refractivity contribution in [2.24, 2.45) is 5.92 Å². The molecular weight excluding hydrogens is 378 g/mol. The summed E-state index contributed by atoms with van der Waals surface area (Å²) in [6, 6.07) is 15.7. The molecule has 0 radical (unpaired) electrons. The number of carbonyl (C=O) groups is 1. The fraction of sp³-hybridized carbons (Fsp3) is 0.483. The Morgan fingerprint density at radius 3 is 2.23 bits per heavy atom. The molecule has 1 aliphatic rings. The van der Waals surface area contributed by atoms with Crippen LogP contribution in [-0.2, 0) is 11.2 Å². The zero-order valence-electron chi connectivity index (χ0n) is 19.8. The van der Waals surface area contributed by atoms with Crippen LogP contribution in [0.1, 0.15) is 89.2 Å². The Morgan fingerprint density at radius 2 is 1.68 bits per heavy atom. The third-order valence-corrected chi connectivity index (χ3v) is 6.47. The van der Waals surface area contributed by atoms with Crippen molar-refractivity contribution in [3.63, 3.8) is 0 Å². The molecular formula is C29H41NO. The lowest BCUT2D eigenvalue weighted by Crippen LogP contribution is -2.13. The van der Waals surface area contributed by atoms with Gasteiger partial charge >= 0.3 is 0 Å². The first-order chi connectivity index (χ1) is 15.0. The highest BCUT2D eigenvalue weighted by Crippen LogP contribution is 2.38. The molecule has 0 aromatic heterocycles. The van der Waals surface area contributed by atoms with Crippen molar-refractivity contribution in [2.45, 2.75) is 84.5 Å². The molecule has 0 atom stereocenters. The van der Waals surface area contributed by atoms with E-state index in [2.05, 4.69) is 56.8 Å². The maximum Gasteiger partial charge on any atom is 0.145 e. The average Bonchev–Trinajstić information content (AvgIpc) is 2.80. The third kappa shape index (κ3) is 8.01. The maximum atomic E-state index is 9.41. The minimum absolute atomic E-state index is 0.574. The predicted octanol–water partition coefficient (Wildman–Crippen LogP) is 8.11. The molecule has 2 aromatic rings. The van der Waals surface area contributed by atoms with Crippen molar-refractivity contribution in [3.05, 3.63) is 65.7 Å². The van der Waals surface area contributed by atoms with Crippen molar-refractivity contribution in [1.82, 2.24) is 0 Å². The van der Waals surface area contributed by atoms with Crippen LogP contribution in [0, 0.1) is 5.92 Å². The van der Waals surface area contributed by atoms with Crippen LogP contribution in [0.4, 0.5) is 5.69 Å². The number of nitrogen functional groups attached to an aromatic ring is 1. The van der Waals surface area contributed by atoms with Crippen LogP contribution in [0.25, 0.3) is 11.1 Å². The van der Waals surface area contributed by atoms with E-state index in [0.29, 0.717) is 5.57 Å². The summed E-state index contributed by atoms with van der Waals surface area (Å²) in [4.78, 5) is 9.41. The largest absolute Gasteiger partial charge is 0.399 e. The normalized spacial score (nSPS) is 18.0. The first-order valence-corrected chi connectivity index (χ1v) is 12.1. The lowest BCUT2D eigenvalue weighted by atomic mass is 9.77. The predicted molar refractivity (Wildman–Crippen MR) is 135 cm³/mol. The topological polar surface area (TPSA) is 43.1 Å². The minimum Gasteiger partial charge on any atom is -0.399 e. The zero-order valence-corrected chi connectivity index (χ0v) is 19.8. The van der Waals surface area contributed by atoms with Crippen molar-refractivity contribution < 1.29 is 4.79 Å². The molecule has 0 amide bonds. The first kappa shape index (κ1) is 24.9. The highest BCUT2D eigenvalue weighted by molar-refractivity contribution is 5.71. The van der Waals surface area contributed by atoms with Crippen molar-refractivity contribution in [1.29, 1.82) is 0 Å². The lowest BCUT2D eigenvalue weighted by molar-refractivity contribution is -0.104. The lowest BCUT2D eigenvalue weighted by Gasteiger charge is -2.29. The number of aldehydes is 1. The van der Waals surface area contributed by atoms with E-state index in [9.17, 15) is 4.79 Å². The second-order valence-electron chi connectivity index (χ2n) is 9.07. The van der Waals surface area contributed by atoms with Gasteiger partial charge in [0.25, 0.3) is 0 Å². The molecule has 2 heteroatoms. The Balaban J connectivity index is 0.000000614. The molecule has 1 saturated carbocycles. The molecule has 2 N–H and O–H groups in total. The highest BCUT2D eigenvalue weighted by atomic mass is 16.1. The van der Waals surface area contributed by atoms with Gasteiger partial charge in [-0.3, -0.25) is 4.79 Å². The Labute approximate surface area is 190 Å². The molecule has 2 aromatic carbocycles. The SMILES string of the molecule is C=C(C)C=O.CCCCCC1CCC(c2ccc(-c3ccc(N)cc3CC)cc2)CC1. The van der Waals surface area contributed by atoms with Gasteiger partial charge in [0.2, 0.25) is 0 Å². The Bertz CT molecular complexity index is 813. The Kier molecular flexibility index (Phi) is 10.6. The first-order valence-electron chi connectivity index (χ1n) is 12.1. The monoisotopic (exact) mass is 419 g/mol. The summed E-state index contributed by atoms with van der Waals surface area (Å²) < 4.78 is 0. The van der Waals surface area contributed by atoms with Crippen LogP contribution in [0.5, 0.6) is 0 Å². The van der Waals surface area contributed by atoms with Gasteiger partial charge in [0.1, 0.15) is 6.29 Å². The fourth-order valence-corrected chi connectivity index (χ4v) is 4.59. The van der Waals surface area contributed by atoms with E-state index in [0.717, 1.165) is 30.2 Å². The van der Waals surface area contributed by atoms with Crippen molar-refractivity contribution in [2.75, 3.05) is 5.73 Å². The molecule has 31 heavy (non-hydrogen) atoms. The summed E-state index contributed by atoms with van der Waals surface area (Å²) in [6.45, 7) is 9.47. The molecule has 0 unspecified atom stereocenters. The number of carbonyl (C=O) groups excluding carboxylic acids is 1. The van der Waals surface area contributed by atoms with E-state index in [1.807, 2.05) is 6.07 Å². The van der Waals surface area contributed by atoms with Gasteiger partial charge < -0.3 is 5.73 Å². The second-order valence-corrected chi connectivity index (χ2v) is 9.07. The highest BCUT2D eigenvalue weighted by Gasteiger charge is 2.22. The Hall–Kier alpha value is -2.35. The smallest absolute Gasteiger partial charge is 0.145 e. The van der Waals surface area contributed by atoms with Crippen LogP contribution >= 0.6 is 0 Å². The minimum atomic E-state index is 0.574. The molecule has 0 aliphatic heterocycles. The van der Waals surface area contributed by atoms with Gasteiger partial charge in [0.15, 0.2) is 0 Å². The molecule has 1 aliphatic carbocycles. The molecule has 0 bridgehead atoms. The molecule has 0 heterocycles. The van der Waals surface area contributed by atoms with Gasteiger partial charge in [-0.05, 0) is 90.8 Å². The number of anilines is 1. The summed E-state index contributed by atoms with van der Waals surface area (Å²) >= 11 is 0. The van der Waals surface area contributed by atoms with Crippen molar-refractivity contribution >= 4 is 12.0 Å². The van der Waals surface area contributed by atoms with Gasteiger partial charge in [-0.25, -0.2) is 0 Å². The maximum absolute atomic E-state index is 9.41. The van der Waals surface area contributed by atoms with Crippen LogP contribution in [-0.4, -0.2) is 6.29 Å². The average molecular weight is 420 g/mol. The van der Waals surface area contributed by atoms with E-state index < -0.39 is 0 Å². The molecule has 1 fully saturated rings. The molecule has 2 nitrogen and oxygen atoms in total. The number of hydrogen-bond donors (Lipinski definition) is 1. The van der Waals surface area contributed by atoms with Crippen LogP contribution in [0.3, 0.4) is 0 Å². The van der Waals surface area contributed by atoms with Crippen LogP contribution in [0.2, 0.25) is 0 Å². The summed E-state index contributed by atoms with van der Waals surface area (Å²) in [6.07, 6.45) is 13.0. The zero-order chi connectivity index (χ0) is 22.6. The van der Waals surface area contributed by atoms with Gasteiger partial charge in [-0.15, -0.1) is 0 Å². The number of nitrogens with two attached hydrogens (primary N) is 1. The standard InChI is InChI=1S/C25H35N.C4H6O/c1-3-5-6-7-19-8-10-21(11-9-19)22-12-14-23(15-13-22)25-17-16-24(26)18-20(25)4-2;1-4(2)3-5/h12-19,21H,3-11,26H2,1-2H3;3H,1H2,2H3. The summed E-state index contributed by atoms with van der Waals surface area (Å²) in [5.41, 5.74) is 12.9. The Morgan fingerprint density at radius 1 is 1.03 bits per heavy atom. The van der Waals surface area contributed by atoms with E-state index in [1.165, 1.54) is 73.6 Å². The quantitative estimate of drug-likeness (QED) is 0.203. The van der Waals surface area contributed by atoms with Gasteiger partial charge in [-0.2, -0.15) is 0 Å². The van der Waals surface area contributed by atoms with Crippen molar-refractivity contribution in [3.8, 4) is 11.1 Å². The van der Waals surface area contributed by atoms with E-state index in [4.69, 9.17) is 5.73 Å². The number of hydrogen-bond acceptors (Lipinski definition) is 2. The molecule has 3 rings (SSSR count). The molecule has 0 saturated heterocycles. The van der Waals surface area contributed by atoms with Crippen LogP contribution < -0.4 is 5.73 Å². The summed E-state index contributed by atoms with van der Waals surface area (Å²) in [5.74, 6) is 1.75. The second kappa shape index (κ2) is 13.1.